The van der Waals surface area contributed by atoms with Gasteiger partial charge in [-0.05, 0) is 19.1 Å². The van der Waals surface area contributed by atoms with Crippen LogP contribution in [0.2, 0.25) is 0 Å². The van der Waals surface area contributed by atoms with Gasteiger partial charge in [-0.15, -0.1) is 0 Å². The Hall–Kier alpha value is -1.84. The predicted molar refractivity (Wildman–Crippen MR) is 59.7 cm³/mol. The first-order chi connectivity index (χ1) is 7.90. The van der Waals surface area contributed by atoms with Crippen LogP contribution in [0.4, 0.5) is 13.2 Å². The fourth-order valence-electron chi connectivity index (χ4n) is 1.32. The Morgan fingerprint density at radius 2 is 1.76 bits per heavy atom. The van der Waals surface area contributed by atoms with Crippen molar-refractivity contribution in [2.24, 2.45) is 0 Å². The molecule has 0 atom stereocenters. The standard InChI is InChI=1S/C13H11F3O/c1-3-9(4-2)12(17)10-5-7-11(8-6-10)13(14,15)16/h3-8H,1H2,2H3. The van der Waals surface area contributed by atoms with Crippen LogP contribution in [0.15, 0.2) is 48.6 Å². The second-order valence-corrected chi connectivity index (χ2v) is 3.35. The Morgan fingerprint density at radius 3 is 2.12 bits per heavy atom. The molecule has 0 bridgehead atoms. The number of halogens is 3. The number of rotatable bonds is 3. The lowest BCUT2D eigenvalue weighted by molar-refractivity contribution is -0.137. The van der Waals surface area contributed by atoms with E-state index in [1.807, 2.05) is 0 Å². The van der Waals surface area contributed by atoms with E-state index in [-0.39, 0.29) is 11.3 Å². The molecule has 1 nitrogen and oxygen atoms in total. The summed E-state index contributed by atoms with van der Waals surface area (Å²) in [6, 6.07) is 4.11. The number of benzene rings is 1. The van der Waals surface area contributed by atoms with Gasteiger partial charge < -0.3 is 0 Å². The van der Waals surface area contributed by atoms with Gasteiger partial charge >= 0.3 is 6.18 Å². The van der Waals surface area contributed by atoms with Crippen molar-refractivity contribution in [2.75, 3.05) is 0 Å². The largest absolute Gasteiger partial charge is 0.416 e. The molecular formula is C13H11F3O. The lowest BCUT2D eigenvalue weighted by atomic mass is 10.0. The second-order valence-electron chi connectivity index (χ2n) is 3.35. The van der Waals surface area contributed by atoms with E-state index in [9.17, 15) is 18.0 Å². The maximum Gasteiger partial charge on any atom is 0.416 e. The molecule has 0 heterocycles. The van der Waals surface area contributed by atoms with Crippen molar-refractivity contribution in [3.05, 3.63) is 59.7 Å². The molecule has 1 aromatic carbocycles. The van der Waals surface area contributed by atoms with Crippen LogP contribution in [-0.2, 0) is 6.18 Å². The summed E-state index contributed by atoms with van der Waals surface area (Å²) in [6.45, 7) is 5.13. The fourth-order valence-corrected chi connectivity index (χ4v) is 1.32. The average molecular weight is 240 g/mol. The molecule has 0 amide bonds. The molecular weight excluding hydrogens is 229 g/mol. The van der Waals surface area contributed by atoms with Crippen molar-refractivity contribution in [1.82, 2.24) is 0 Å². The van der Waals surface area contributed by atoms with Gasteiger partial charge in [-0.25, -0.2) is 0 Å². The number of hydrogen-bond donors (Lipinski definition) is 0. The molecule has 1 aromatic rings. The molecule has 0 aliphatic heterocycles. The molecule has 4 heteroatoms. The average Bonchev–Trinajstić information content (AvgIpc) is 2.29. The van der Waals surface area contributed by atoms with Gasteiger partial charge in [0.25, 0.3) is 0 Å². The fraction of sp³-hybridized carbons (Fsp3) is 0.154. The third-order valence-corrected chi connectivity index (χ3v) is 2.27. The summed E-state index contributed by atoms with van der Waals surface area (Å²) in [4.78, 5) is 11.7. The minimum absolute atomic E-state index is 0.214. The van der Waals surface area contributed by atoms with E-state index in [1.54, 1.807) is 13.0 Å². The number of hydrogen-bond acceptors (Lipinski definition) is 1. The summed E-state index contributed by atoms with van der Waals surface area (Å²) >= 11 is 0. The summed E-state index contributed by atoms with van der Waals surface area (Å²) in [5, 5.41) is 0. The Balaban J connectivity index is 3.04. The molecule has 90 valence electrons. The first kappa shape index (κ1) is 13.2. The van der Waals surface area contributed by atoms with Crippen LogP contribution in [0.5, 0.6) is 0 Å². The summed E-state index contributed by atoms with van der Waals surface area (Å²) in [5.41, 5.74) is -0.189. The summed E-state index contributed by atoms with van der Waals surface area (Å²) in [6.07, 6.45) is -1.45. The van der Waals surface area contributed by atoms with Gasteiger partial charge in [0, 0.05) is 11.1 Å². The Bertz CT molecular complexity index is 453. The van der Waals surface area contributed by atoms with Gasteiger partial charge in [-0.2, -0.15) is 13.2 Å². The van der Waals surface area contributed by atoms with E-state index >= 15 is 0 Å². The van der Waals surface area contributed by atoms with Crippen LogP contribution in [0.3, 0.4) is 0 Å². The molecule has 0 N–H and O–H groups in total. The van der Waals surface area contributed by atoms with Crippen molar-refractivity contribution in [3.8, 4) is 0 Å². The molecule has 0 saturated carbocycles. The molecule has 0 spiro atoms. The zero-order valence-electron chi connectivity index (χ0n) is 9.21. The first-order valence-corrected chi connectivity index (χ1v) is 4.91. The minimum atomic E-state index is -4.39. The third-order valence-electron chi connectivity index (χ3n) is 2.27. The first-order valence-electron chi connectivity index (χ1n) is 4.91. The van der Waals surface area contributed by atoms with E-state index in [0.717, 1.165) is 24.3 Å². The van der Waals surface area contributed by atoms with E-state index in [1.165, 1.54) is 6.08 Å². The number of ketones is 1. The smallest absolute Gasteiger partial charge is 0.289 e. The SMILES string of the molecule is C=CC(=CC)C(=O)c1ccc(C(F)(F)F)cc1. The Kier molecular flexibility index (Phi) is 3.89. The van der Waals surface area contributed by atoms with Crippen molar-refractivity contribution < 1.29 is 18.0 Å². The highest BCUT2D eigenvalue weighted by molar-refractivity contribution is 6.10. The van der Waals surface area contributed by atoms with Crippen molar-refractivity contribution >= 4 is 5.78 Å². The summed E-state index contributed by atoms with van der Waals surface area (Å²) in [5.74, 6) is -0.337. The number of Topliss-reactive ketones (excluding diaryl/α,β-unsaturated/α-hetero) is 1. The maximum absolute atomic E-state index is 12.3. The Labute approximate surface area is 97.3 Å². The maximum atomic E-state index is 12.3. The molecule has 0 aliphatic rings. The van der Waals surface area contributed by atoms with Crippen LogP contribution in [0, 0.1) is 0 Å². The zero-order chi connectivity index (χ0) is 13.1. The monoisotopic (exact) mass is 240 g/mol. The molecule has 1 rings (SSSR count). The van der Waals surface area contributed by atoms with Crippen LogP contribution in [0.1, 0.15) is 22.8 Å². The van der Waals surface area contributed by atoms with Crippen LogP contribution >= 0.6 is 0 Å². The minimum Gasteiger partial charge on any atom is -0.289 e. The van der Waals surface area contributed by atoms with Crippen molar-refractivity contribution in [2.45, 2.75) is 13.1 Å². The number of carbonyl (C=O) groups excluding carboxylic acids is 1. The molecule has 17 heavy (non-hydrogen) atoms. The molecule has 0 aliphatic carbocycles. The van der Waals surface area contributed by atoms with E-state index < -0.39 is 11.7 Å². The molecule has 0 unspecified atom stereocenters. The highest BCUT2D eigenvalue weighted by Gasteiger charge is 2.30. The van der Waals surface area contributed by atoms with Gasteiger partial charge in [0.1, 0.15) is 0 Å². The van der Waals surface area contributed by atoms with Crippen molar-refractivity contribution in [1.29, 1.82) is 0 Å². The predicted octanol–water partition coefficient (Wildman–Crippen LogP) is 4.02. The zero-order valence-corrected chi connectivity index (χ0v) is 9.21. The van der Waals surface area contributed by atoms with Crippen LogP contribution < -0.4 is 0 Å². The van der Waals surface area contributed by atoms with Gasteiger partial charge in [-0.3, -0.25) is 4.79 Å². The third kappa shape index (κ3) is 3.06. The van der Waals surface area contributed by atoms with Gasteiger partial charge in [0.2, 0.25) is 0 Å². The van der Waals surface area contributed by atoms with Crippen molar-refractivity contribution in [3.63, 3.8) is 0 Å². The Morgan fingerprint density at radius 1 is 1.24 bits per heavy atom. The molecule has 0 radical (unpaired) electrons. The number of carbonyl (C=O) groups is 1. The normalized spacial score (nSPS) is 12.4. The van der Waals surface area contributed by atoms with E-state index in [4.69, 9.17) is 0 Å². The lowest BCUT2D eigenvalue weighted by Crippen LogP contribution is -2.06. The summed E-state index contributed by atoms with van der Waals surface area (Å²) < 4.78 is 36.9. The van der Waals surface area contributed by atoms with E-state index in [0.29, 0.717) is 5.57 Å². The molecule has 0 fully saturated rings. The molecule has 0 aromatic heterocycles. The lowest BCUT2D eigenvalue weighted by Gasteiger charge is -2.07. The number of allylic oxidation sites excluding steroid dienone is 3. The topological polar surface area (TPSA) is 17.1 Å². The van der Waals surface area contributed by atoms with Crippen LogP contribution in [0.25, 0.3) is 0 Å². The van der Waals surface area contributed by atoms with Crippen LogP contribution in [-0.4, -0.2) is 5.78 Å². The second kappa shape index (κ2) is 4.99. The quantitative estimate of drug-likeness (QED) is 0.443. The van der Waals surface area contributed by atoms with E-state index in [2.05, 4.69) is 6.58 Å². The summed E-state index contributed by atoms with van der Waals surface area (Å²) in [7, 11) is 0. The highest BCUT2D eigenvalue weighted by Crippen LogP contribution is 2.29. The molecule has 0 saturated heterocycles. The van der Waals surface area contributed by atoms with Gasteiger partial charge in [-0.1, -0.05) is 30.9 Å². The number of alkyl halides is 3. The highest BCUT2D eigenvalue weighted by atomic mass is 19.4. The van der Waals surface area contributed by atoms with Gasteiger partial charge in [0.05, 0.1) is 5.56 Å². The van der Waals surface area contributed by atoms with Gasteiger partial charge in [0.15, 0.2) is 5.78 Å².